The lowest BCUT2D eigenvalue weighted by molar-refractivity contribution is -0.137. The molecule has 1 aromatic rings. The first-order chi connectivity index (χ1) is 11.4. The van der Waals surface area contributed by atoms with Crippen molar-refractivity contribution in [3.05, 3.63) is 18.5 Å². The number of piperidine rings is 1. The van der Waals surface area contributed by atoms with Gasteiger partial charge in [-0.05, 0) is 18.9 Å². The average molecular weight is 353 g/mol. The molecule has 0 bridgehead atoms. The van der Waals surface area contributed by atoms with Gasteiger partial charge in [0.25, 0.3) is 0 Å². The molecule has 0 radical (unpaired) electrons. The van der Waals surface area contributed by atoms with Crippen LogP contribution >= 0.6 is 0 Å². The Kier molecular flexibility index (Phi) is 5.00. The van der Waals surface area contributed by atoms with Gasteiger partial charge in [0.05, 0.1) is 12.2 Å². The Bertz CT molecular complexity index is 674. The topological polar surface area (TPSA) is 86.7 Å². The normalized spacial score (nSPS) is 23.3. The van der Waals surface area contributed by atoms with Gasteiger partial charge in [0.15, 0.2) is 0 Å². The van der Waals surface area contributed by atoms with E-state index in [2.05, 4.69) is 14.9 Å². The van der Waals surface area contributed by atoms with Crippen LogP contribution in [0.4, 0.5) is 5.95 Å². The molecule has 2 fully saturated rings. The van der Waals surface area contributed by atoms with Crippen LogP contribution in [0.5, 0.6) is 0 Å². The van der Waals surface area contributed by atoms with Crippen molar-refractivity contribution in [3.8, 4) is 0 Å². The van der Waals surface area contributed by atoms with Gasteiger partial charge in [-0.2, -0.15) is 4.31 Å². The van der Waals surface area contributed by atoms with Gasteiger partial charge in [-0.15, -0.1) is 0 Å². The molecule has 24 heavy (non-hydrogen) atoms. The van der Waals surface area contributed by atoms with Crippen molar-refractivity contribution in [1.29, 1.82) is 0 Å². The molecule has 9 heteroatoms. The molecule has 3 rings (SSSR count). The van der Waals surface area contributed by atoms with Gasteiger partial charge in [0, 0.05) is 51.7 Å². The first-order valence-electron chi connectivity index (χ1n) is 8.21. The molecular formula is C15H23N5O3S. The molecule has 0 aromatic carbocycles. The zero-order chi connectivity index (χ0) is 17.2. The Morgan fingerprint density at radius 3 is 2.42 bits per heavy atom. The Balaban J connectivity index is 1.59. The van der Waals surface area contributed by atoms with E-state index >= 15 is 0 Å². The number of rotatable bonds is 3. The number of hydrogen-bond acceptors (Lipinski definition) is 6. The summed E-state index contributed by atoms with van der Waals surface area (Å²) in [6.07, 6.45) is 6.41. The molecule has 2 aliphatic rings. The molecule has 2 saturated heterocycles. The van der Waals surface area contributed by atoms with Crippen molar-refractivity contribution in [2.75, 3.05) is 50.4 Å². The molecule has 0 unspecified atom stereocenters. The fraction of sp³-hybridized carbons (Fsp3) is 0.667. The zero-order valence-electron chi connectivity index (χ0n) is 13.8. The third-order valence-electron chi connectivity index (χ3n) is 4.62. The van der Waals surface area contributed by atoms with Crippen molar-refractivity contribution in [1.82, 2.24) is 19.2 Å². The molecule has 0 saturated carbocycles. The Morgan fingerprint density at radius 1 is 1.12 bits per heavy atom. The van der Waals surface area contributed by atoms with Crippen LogP contribution in [-0.4, -0.2) is 79.0 Å². The fourth-order valence-corrected chi connectivity index (χ4v) is 4.14. The molecule has 1 aromatic heterocycles. The lowest BCUT2D eigenvalue weighted by Gasteiger charge is -2.38. The zero-order valence-corrected chi connectivity index (χ0v) is 14.7. The second-order valence-electron chi connectivity index (χ2n) is 6.32. The minimum Gasteiger partial charge on any atom is -0.340 e. The molecule has 8 nitrogen and oxygen atoms in total. The van der Waals surface area contributed by atoms with Crippen molar-refractivity contribution < 1.29 is 13.2 Å². The third-order valence-corrected chi connectivity index (χ3v) is 5.93. The number of hydrogen-bond donors (Lipinski definition) is 0. The Labute approximate surface area is 142 Å². The molecule has 0 spiro atoms. The summed E-state index contributed by atoms with van der Waals surface area (Å²) >= 11 is 0. The van der Waals surface area contributed by atoms with E-state index < -0.39 is 10.0 Å². The maximum absolute atomic E-state index is 12.8. The van der Waals surface area contributed by atoms with Crippen LogP contribution < -0.4 is 4.90 Å². The standard InChI is InChI=1S/C15H23N5O3S/c1-24(22,23)20-10-8-18(9-11-20)14(21)13-4-2-7-19(12-13)15-16-5-3-6-17-15/h3,5-6,13H,2,4,7-12H2,1H3/t13-/m1/s1. The molecule has 0 aliphatic carbocycles. The molecule has 132 valence electrons. The smallest absolute Gasteiger partial charge is 0.227 e. The molecular weight excluding hydrogens is 330 g/mol. The number of amides is 1. The highest BCUT2D eigenvalue weighted by Crippen LogP contribution is 2.22. The maximum Gasteiger partial charge on any atom is 0.227 e. The quantitative estimate of drug-likeness (QED) is 0.748. The van der Waals surface area contributed by atoms with E-state index in [1.807, 2.05) is 0 Å². The minimum atomic E-state index is -3.17. The monoisotopic (exact) mass is 353 g/mol. The summed E-state index contributed by atoms with van der Waals surface area (Å²) in [6, 6.07) is 1.78. The second-order valence-corrected chi connectivity index (χ2v) is 8.30. The van der Waals surface area contributed by atoms with E-state index in [-0.39, 0.29) is 11.8 Å². The largest absolute Gasteiger partial charge is 0.340 e. The number of carbonyl (C=O) groups excluding carboxylic acids is 1. The van der Waals surface area contributed by atoms with Gasteiger partial charge in [0.1, 0.15) is 0 Å². The van der Waals surface area contributed by atoms with Crippen LogP contribution in [0.1, 0.15) is 12.8 Å². The average Bonchev–Trinajstić information content (AvgIpc) is 2.61. The van der Waals surface area contributed by atoms with Crippen molar-refractivity contribution in [2.45, 2.75) is 12.8 Å². The van der Waals surface area contributed by atoms with Gasteiger partial charge >= 0.3 is 0 Å². The number of aromatic nitrogens is 2. The predicted molar refractivity (Wildman–Crippen MR) is 90.0 cm³/mol. The van der Waals surface area contributed by atoms with Crippen molar-refractivity contribution in [3.63, 3.8) is 0 Å². The van der Waals surface area contributed by atoms with E-state index in [1.165, 1.54) is 10.6 Å². The molecule has 0 N–H and O–H groups in total. The van der Waals surface area contributed by atoms with E-state index in [4.69, 9.17) is 0 Å². The Hall–Kier alpha value is -1.74. The summed E-state index contributed by atoms with van der Waals surface area (Å²) in [6.45, 7) is 3.16. The van der Waals surface area contributed by atoms with Crippen LogP contribution in [-0.2, 0) is 14.8 Å². The molecule has 2 aliphatic heterocycles. The van der Waals surface area contributed by atoms with Gasteiger partial charge in [-0.25, -0.2) is 18.4 Å². The van der Waals surface area contributed by atoms with Gasteiger partial charge in [-0.1, -0.05) is 0 Å². The number of sulfonamides is 1. The first kappa shape index (κ1) is 17.1. The SMILES string of the molecule is CS(=O)(=O)N1CCN(C(=O)[C@@H]2CCCN(c3ncccn3)C2)CC1. The Morgan fingerprint density at radius 2 is 1.79 bits per heavy atom. The fourth-order valence-electron chi connectivity index (χ4n) is 3.31. The lowest BCUT2D eigenvalue weighted by Crippen LogP contribution is -2.53. The lowest BCUT2D eigenvalue weighted by atomic mass is 9.96. The summed E-state index contributed by atoms with van der Waals surface area (Å²) in [5.41, 5.74) is 0. The summed E-state index contributed by atoms with van der Waals surface area (Å²) in [7, 11) is -3.17. The highest BCUT2D eigenvalue weighted by atomic mass is 32.2. The van der Waals surface area contributed by atoms with Crippen LogP contribution in [0.25, 0.3) is 0 Å². The number of piperazine rings is 1. The number of carbonyl (C=O) groups is 1. The third kappa shape index (κ3) is 3.84. The number of nitrogens with zero attached hydrogens (tertiary/aromatic N) is 5. The summed E-state index contributed by atoms with van der Waals surface area (Å²) in [5.74, 6) is 0.702. The molecule has 3 heterocycles. The van der Waals surface area contributed by atoms with E-state index in [0.29, 0.717) is 38.7 Å². The van der Waals surface area contributed by atoms with Gasteiger partial charge < -0.3 is 9.80 Å². The van der Waals surface area contributed by atoms with Crippen LogP contribution in [0.3, 0.4) is 0 Å². The number of anilines is 1. The minimum absolute atomic E-state index is 0.0765. The predicted octanol–water partition coefficient (Wildman–Crippen LogP) is -0.203. The highest BCUT2D eigenvalue weighted by Gasteiger charge is 2.33. The first-order valence-corrected chi connectivity index (χ1v) is 10.1. The van der Waals surface area contributed by atoms with Gasteiger partial charge in [-0.3, -0.25) is 4.79 Å². The van der Waals surface area contributed by atoms with Crippen molar-refractivity contribution in [2.24, 2.45) is 5.92 Å². The highest BCUT2D eigenvalue weighted by molar-refractivity contribution is 7.88. The maximum atomic E-state index is 12.8. The van der Waals surface area contributed by atoms with Crippen LogP contribution in [0.2, 0.25) is 0 Å². The molecule has 1 amide bonds. The van der Waals surface area contributed by atoms with Gasteiger partial charge in [0.2, 0.25) is 21.9 Å². The van der Waals surface area contributed by atoms with Crippen molar-refractivity contribution >= 4 is 21.9 Å². The van der Waals surface area contributed by atoms with E-state index in [0.717, 1.165) is 19.4 Å². The van der Waals surface area contributed by atoms with Crippen LogP contribution in [0, 0.1) is 5.92 Å². The van der Waals surface area contributed by atoms with E-state index in [9.17, 15) is 13.2 Å². The molecule has 1 atom stereocenters. The summed E-state index contributed by atoms with van der Waals surface area (Å²) in [4.78, 5) is 25.1. The van der Waals surface area contributed by atoms with E-state index in [1.54, 1.807) is 23.4 Å². The second kappa shape index (κ2) is 7.02. The summed E-state index contributed by atoms with van der Waals surface area (Å²) in [5, 5.41) is 0. The summed E-state index contributed by atoms with van der Waals surface area (Å²) < 4.78 is 24.6. The van der Waals surface area contributed by atoms with Crippen LogP contribution in [0.15, 0.2) is 18.5 Å².